The molecular formula is C14H12BrFN2O2. The lowest BCUT2D eigenvalue weighted by atomic mass is 10.1. The van der Waals surface area contributed by atoms with Gasteiger partial charge in [-0.25, -0.2) is 9.18 Å². The monoisotopic (exact) mass is 338 g/mol. The normalized spacial score (nSPS) is 16.7. The van der Waals surface area contributed by atoms with E-state index >= 15 is 0 Å². The number of hydrogen-bond donors (Lipinski definition) is 1. The van der Waals surface area contributed by atoms with E-state index in [2.05, 4.69) is 26.2 Å². The van der Waals surface area contributed by atoms with Gasteiger partial charge in [-0.05, 0) is 39.7 Å². The molecule has 1 N–H and O–H groups in total. The summed E-state index contributed by atoms with van der Waals surface area (Å²) in [6.45, 7) is 0.372. The molecule has 6 heteroatoms. The largest absolute Gasteiger partial charge is 0.447 e. The van der Waals surface area contributed by atoms with Crippen LogP contribution in [0.15, 0.2) is 53.3 Å². The van der Waals surface area contributed by atoms with Gasteiger partial charge in [0.05, 0.1) is 6.04 Å². The van der Waals surface area contributed by atoms with Crippen LogP contribution in [0.25, 0.3) is 0 Å². The first-order valence-corrected chi connectivity index (χ1v) is 6.69. The third-order valence-corrected chi connectivity index (χ3v) is 2.97. The standard InChI is InChI=1S/C8H7BrN2O2.C6H5F/c9-6-1-5(2-10-3-6)7-4-13-8(12)11-7;7-6-4-2-1-3-5-6/h1-3,7H,4H2,(H,11,12);1-5H/t7-;/m0./s1. The zero-order valence-electron chi connectivity index (χ0n) is 10.4. The Morgan fingerprint density at radius 1 is 1.30 bits per heavy atom. The van der Waals surface area contributed by atoms with Gasteiger partial charge in [0.25, 0.3) is 0 Å². The predicted molar refractivity (Wildman–Crippen MR) is 75.6 cm³/mol. The lowest BCUT2D eigenvalue weighted by Crippen LogP contribution is -2.18. The van der Waals surface area contributed by atoms with Crippen molar-refractivity contribution >= 4 is 22.0 Å². The van der Waals surface area contributed by atoms with Gasteiger partial charge in [0.2, 0.25) is 0 Å². The van der Waals surface area contributed by atoms with E-state index in [0.29, 0.717) is 6.61 Å². The third-order valence-electron chi connectivity index (χ3n) is 2.53. The van der Waals surface area contributed by atoms with Gasteiger partial charge in [-0.15, -0.1) is 0 Å². The van der Waals surface area contributed by atoms with Crippen molar-refractivity contribution in [1.82, 2.24) is 10.3 Å². The molecule has 104 valence electrons. The summed E-state index contributed by atoms with van der Waals surface area (Å²) in [5, 5.41) is 2.68. The summed E-state index contributed by atoms with van der Waals surface area (Å²) in [5.41, 5.74) is 0.945. The van der Waals surface area contributed by atoms with Crippen LogP contribution in [0.3, 0.4) is 0 Å². The van der Waals surface area contributed by atoms with E-state index in [1.165, 1.54) is 12.1 Å². The van der Waals surface area contributed by atoms with Crippen molar-refractivity contribution in [2.45, 2.75) is 6.04 Å². The third kappa shape index (κ3) is 4.31. The van der Waals surface area contributed by atoms with Crippen molar-refractivity contribution in [2.75, 3.05) is 6.61 Å². The molecule has 1 atom stereocenters. The Bertz CT molecular complexity index is 580. The molecule has 0 bridgehead atoms. The number of cyclic esters (lactones) is 1. The number of aromatic nitrogens is 1. The first kappa shape index (κ1) is 14.5. The molecule has 2 aromatic rings. The minimum Gasteiger partial charge on any atom is -0.447 e. The van der Waals surface area contributed by atoms with Crippen molar-refractivity contribution in [2.24, 2.45) is 0 Å². The van der Waals surface area contributed by atoms with Gasteiger partial charge >= 0.3 is 6.09 Å². The smallest absolute Gasteiger partial charge is 0.407 e. The summed E-state index contributed by atoms with van der Waals surface area (Å²) in [4.78, 5) is 14.7. The van der Waals surface area contributed by atoms with Crippen LogP contribution in [0.1, 0.15) is 11.6 Å². The van der Waals surface area contributed by atoms with E-state index in [1.807, 2.05) is 6.07 Å². The van der Waals surface area contributed by atoms with Gasteiger partial charge in [0.15, 0.2) is 0 Å². The molecule has 0 aliphatic carbocycles. The lowest BCUT2D eigenvalue weighted by molar-refractivity contribution is 0.177. The van der Waals surface area contributed by atoms with Crippen LogP contribution in [-0.2, 0) is 4.74 Å². The molecule has 0 radical (unpaired) electrons. The molecular weight excluding hydrogens is 327 g/mol. The van der Waals surface area contributed by atoms with Crippen molar-refractivity contribution < 1.29 is 13.9 Å². The highest BCUT2D eigenvalue weighted by molar-refractivity contribution is 9.10. The second-order valence-electron chi connectivity index (χ2n) is 4.03. The molecule has 0 saturated carbocycles. The predicted octanol–water partition coefficient (Wildman–Crippen LogP) is 3.45. The number of benzene rings is 1. The fourth-order valence-electron chi connectivity index (χ4n) is 1.60. The maximum Gasteiger partial charge on any atom is 0.407 e. The Morgan fingerprint density at radius 2 is 2.05 bits per heavy atom. The lowest BCUT2D eigenvalue weighted by Gasteiger charge is -2.06. The first-order chi connectivity index (χ1) is 9.65. The molecule has 4 nitrogen and oxygen atoms in total. The minimum absolute atomic E-state index is 0.0718. The Balaban J connectivity index is 0.000000178. The van der Waals surface area contributed by atoms with Gasteiger partial charge in [-0.2, -0.15) is 0 Å². The van der Waals surface area contributed by atoms with Crippen LogP contribution in [-0.4, -0.2) is 17.7 Å². The number of carbonyl (C=O) groups excluding carboxylic acids is 1. The Labute approximate surface area is 124 Å². The number of nitrogens with zero attached hydrogens (tertiary/aromatic N) is 1. The number of carbonyl (C=O) groups is 1. The summed E-state index contributed by atoms with van der Waals surface area (Å²) in [7, 11) is 0. The first-order valence-electron chi connectivity index (χ1n) is 5.89. The van der Waals surface area contributed by atoms with Crippen molar-refractivity contribution in [3.63, 3.8) is 0 Å². The van der Waals surface area contributed by atoms with E-state index in [0.717, 1.165) is 10.0 Å². The molecule has 2 heterocycles. The number of nitrogens with one attached hydrogen (secondary N) is 1. The van der Waals surface area contributed by atoms with E-state index in [-0.39, 0.29) is 18.0 Å². The van der Waals surface area contributed by atoms with E-state index < -0.39 is 0 Å². The molecule has 1 amide bonds. The Kier molecular flexibility index (Phi) is 5.06. The highest BCUT2D eigenvalue weighted by Crippen LogP contribution is 2.19. The van der Waals surface area contributed by atoms with Crippen LogP contribution in [0.2, 0.25) is 0 Å². The zero-order chi connectivity index (χ0) is 14.4. The number of pyridine rings is 1. The van der Waals surface area contributed by atoms with Crippen molar-refractivity contribution in [3.8, 4) is 0 Å². The number of hydrogen-bond acceptors (Lipinski definition) is 3. The van der Waals surface area contributed by atoms with E-state index in [4.69, 9.17) is 4.74 Å². The Hall–Kier alpha value is -1.95. The van der Waals surface area contributed by atoms with Gasteiger partial charge in [0, 0.05) is 16.9 Å². The summed E-state index contributed by atoms with van der Waals surface area (Å²) >= 11 is 3.31. The number of amides is 1. The van der Waals surface area contributed by atoms with Crippen LogP contribution in [0.4, 0.5) is 9.18 Å². The maximum atomic E-state index is 11.9. The molecule has 0 unspecified atom stereocenters. The number of ether oxygens (including phenoxy) is 1. The summed E-state index contributed by atoms with van der Waals surface area (Å²) in [6, 6.07) is 9.78. The van der Waals surface area contributed by atoms with Gasteiger partial charge in [-0.1, -0.05) is 18.2 Å². The quantitative estimate of drug-likeness (QED) is 0.866. The molecule has 1 aliphatic heterocycles. The van der Waals surface area contributed by atoms with Gasteiger partial charge in [0.1, 0.15) is 12.4 Å². The second-order valence-corrected chi connectivity index (χ2v) is 4.94. The molecule has 0 spiro atoms. The number of alkyl carbamates (subject to hydrolysis) is 1. The van der Waals surface area contributed by atoms with Crippen LogP contribution >= 0.6 is 15.9 Å². The number of halogens is 2. The van der Waals surface area contributed by atoms with E-state index in [1.54, 1.807) is 30.6 Å². The van der Waals surface area contributed by atoms with Crippen LogP contribution < -0.4 is 5.32 Å². The second kappa shape index (κ2) is 7.00. The van der Waals surface area contributed by atoms with Gasteiger partial charge < -0.3 is 10.1 Å². The molecule has 20 heavy (non-hydrogen) atoms. The molecule has 1 aliphatic rings. The highest BCUT2D eigenvalue weighted by atomic mass is 79.9. The average molecular weight is 339 g/mol. The summed E-state index contributed by atoms with van der Waals surface area (Å²) < 4.78 is 17.6. The fraction of sp³-hybridized carbons (Fsp3) is 0.143. The van der Waals surface area contributed by atoms with Crippen LogP contribution in [0.5, 0.6) is 0 Å². The molecule has 1 aromatic heterocycles. The molecule has 3 rings (SSSR count). The zero-order valence-corrected chi connectivity index (χ0v) is 12.0. The summed E-state index contributed by atoms with van der Waals surface area (Å²) in [5.74, 6) is -0.178. The molecule has 1 fully saturated rings. The molecule has 1 aromatic carbocycles. The van der Waals surface area contributed by atoms with Crippen molar-refractivity contribution in [3.05, 3.63) is 64.6 Å². The summed E-state index contributed by atoms with van der Waals surface area (Å²) in [6.07, 6.45) is 3.04. The maximum absolute atomic E-state index is 11.9. The molecule has 1 saturated heterocycles. The topological polar surface area (TPSA) is 51.2 Å². The van der Waals surface area contributed by atoms with E-state index in [9.17, 15) is 9.18 Å². The highest BCUT2D eigenvalue weighted by Gasteiger charge is 2.23. The number of rotatable bonds is 1. The van der Waals surface area contributed by atoms with Crippen molar-refractivity contribution in [1.29, 1.82) is 0 Å². The van der Waals surface area contributed by atoms with Gasteiger partial charge in [-0.3, -0.25) is 4.98 Å². The minimum atomic E-state index is -0.370. The van der Waals surface area contributed by atoms with Crippen LogP contribution in [0, 0.1) is 5.82 Å². The average Bonchev–Trinajstić information content (AvgIpc) is 2.87. The Morgan fingerprint density at radius 3 is 2.55 bits per heavy atom. The fourth-order valence-corrected chi connectivity index (χ4v) is 1.98. The SMILES string of the molecule is Fc1ccccc1.O=C1N[C@H](c2cncc(Br)c2)CO1.